The van der Waals surface area contributed by atoms with E-state index in [1.54, 1.807) is 0 Å². The van der Waals surface area contributed by atoms with Crippen LogP contribution < -0.4 is 5.73 Å². The molecule has 0 aromatic heterocycles. The lowest BCUT2D eigenvalue weighted by atomic mass is 9.73. The molecule has 0 aliphatic carbocycles. The molecule has 0 rings (SSSR count). The Morgan fingerprint density at radius 3 is 1.46 bits per heavy atom. The summed E-state index contributed by atoms with van der Waals surface area (Å²) >= 11 is 0. The molecule has 0 unspecified atom stereocenters. The maximum Gasteiger partial charge on any atom is 0.223 e. The number of rotatable bonds is 21. The van der Waals surface area contributed by atoms with Crippen molar-refractivity contribution in [3.63, 3.8) is 0 Å². The number of primary amides is 1. The third-order valence-electron chi connectivity index (χ3n) is 6.21. The number of hydrogen-bond acceptors (Lipinski definition) is 1. The van der Waals surface area contributed by atoms with Gasteiger partial charge in [0.2, 0.25) is 5.91 Å². The van der Waals surface area contributed by atoms with Crippen LogP contribution in [0.1, 0.15) is 143 Å². The number of hydrogen-bond donors (Lipinski definition) is 1. The molecular formula is C26H51NO. The van der Waals surface area contributed by atoms with Crippen molar-refractivity contribution in [2.24, 2.45) is 11.1 Å². The van der Waals surface area contributed by atoms with Gasteiger partial charge in [-0.05, 0) is 44.9 Å². The lowest BCUT2D eigenvalue weighted by molar-refractivity contribution is -0.129. The normalized spacial score (nSPS) is 12.1. The monoisotopic (exact) mass is 393 g/mol. The van der Waals surface area contributed by atoms with Gasteiger partial charge in [0, 0.05) is 5.41 Å². The second-order valence-corrected chi connectivity index (χ2v) is 8.83. The number of amides is 1. The number of unbranched alkanes of at least 4 members (excludes halogenated alkanes) is 12. The lowest BCUT2D eigenvalue weighted by Crippen LogP contribution is -2.37. The van der Waals surface area contributed by atoms with E-state index < -0.39 is 0 Å². The predicted molar refractivity (Wildman–Crippen MR) is 126 cm³/mol. The Morgan fingerprint density at radius 2 is 1.00 bits per heavy atom. The van der Waals surface area contributed by atoms with Gasteiger partial charge in [-0.1, -0.05) is 110 Å². The third kappa shape index (κ3) is 14.2. The van der Waals surface area contributed by atoms with E-state index in [0.29, 0.717) is 0 Å². The first kappa shape index (κ1) is 27.2. The number of allylic oxidation sites excluding steroid dienone is 2. The first-order valence-electron chi connectivity index (χ1n) is 12.6. The van der Waals surface area contributed by atoms with Crippen molar-refractivity contribution < 1.29 is 4.79 Å². The number of carbonyl (C=O) groups excluding carboxylic acids is 1. The Bertz CT molecular complexity index is 367. The number of carbonyl (C=O) groups is 1. The Morgan fingerprint density at radius 1 is 0.607 bits per heavy atom. The van der Waals surface area contributed by atoms with Crippen LogP contribution in [0.5, 0.6) is 0 Å². The van der Waals surface area contributed by atoms with Crippen molar-refractivity contribution in [1.29, 1.82) is 0 Å². The predicted octanol–water partition coefficient (Wildman–Crippen LogP) is 8.49. The van der Waals surface area contributed by atoms with E-state index in [2.05, 4.69) is 32.9 Å². The molecule has 0 aromatic carbocycles. The average Bonchev–Trinajstić information content (AvgIpc) is 2.69. The molecule has 0 radical (unpaired) electrons. The summed E-state index contributed by atoms with van der Waals surface area (Å²) in [6.07, 6.45) is 28.0. The van der Waals surface area contributed by atoms with Gasteiger partial charge < -0.3 is 5.73 Å². The Labute approximate surface area is 177 Å². The second kappa shape index (κ2) is 19.5. The maximum atomic E-state index is 12.2. The summed E-state index contributed by atoms with van der Waals surface area (Å²) in [6.45, 7) is 6.67. The zero-order chi connectivity index (χ0) is 20.9. The van der Waals surface area contributed by atoms with Gasteiger partial charge in [-0.2, -0.15) is 0 Å². The molecule has 0 aromatic rings. The van der Waals surface area contributed by atoms with Crippen molar-refractivity contribution in [3.05, 3.63) is 12.2 Å². The van der Waals surface area contributed by atoms with Crippen LogP contribution in [0.15, 0.2) is 12.2 Å². The van der Waals surface area contributed by atoms with E-state index >= 15 is 0 Å². The molecule has 0 fully saturated rings. The van der Waals surface area contributed by atoms with Gasteiger partial charge >= 0.3 is 0 Å². The van der Waals surface area contributed by atoms with E-state index in [4.69, 9.17) is 5.73 Å². The maximum absolute atomic E-state index is 12.2. The first-order valence-corrected chi connectivity index (χ1v) is 12.6. The lowest BCUT2D eigenvalue weighted by Gasteiger charge is -2.31. The smallest absolute Gasteiger partial charge is 0.223 e. The molecule has 0 saturated carbocycles. The van der Waals surface area contributed by atoms with Crippen LogP contribution >= 0.6 is 0 Å². The van der Waals surface area contributed by atoms with Gasteiger partial charge in [0.05, 0.1) is 0 Å². The fourth-order valence-electron chi connectivity index (χ4n) is 4.13. The fourth-order valence-corrected chi connectivity index (χ4v) is 4.13. The van der Waals surface area contributed by atoms with Crippen LogP contribution in [0.2, 0.25) is 0 Å². The zero-order valence-corrected chi connectivity index (χ0v) is 19.6. The molecular weight excluding hydrogens is 342 g/mol. The Balaban J connectivity index is 3.86. The summed E-state index contributed by atoms with van der Waals surface area (Å²) in [5.74, 6) is -0.0490. The molecule has 2 nitrogen and oxygen atoms in total. The third-order valence-corrected chi connectivity index (χ3v) is 6.21. The topological polar surface area (TPSA) is 43.1 Å². The first-order chi connectivity index (χ1) is 13.6. The number of nitrogens with two attached hydrogens (primary N) is 1. The van der Waals surface area contributed by atoms with Crippen LogP contribution in [0.4, 0.5) is 0 Å². The minimum Gasteiger partial charge on any atom is -0.369 e. The summed E-state index contributed by atoms with van der Waals surface area (Å²) in [5.41, 5.74) is 5.63. The standard InChI is InChI=1S/C26H51NO/c1-4-7-10-11-12-13-14-15-16-17-18-19-20-21-24-26(25(27)28,22-8-5-2)23-9-6-3/h15-16H,4-14,17-24H2,1-3H3,(H2,27,28)/b16-15-. The minimum absolute atomic E-state index is 0.0490. The molecule has 0 heterocycles. The van der Waals surface area contributed by atoms with Crippen LogP contribution in [0, 0.1) is 5.41 Å². The highest BCUT2D eigenvalue weighted by atomic mass is 16.1. The largest absolute Gasteiger partial charge is 0.369 e. The summed E-state index contributed by atoms with van der Waals surface area (Å²) < 4.78 is 0. The molecule has 2 N–H and O–H groups in total. The molecule has 2 heteroatoms. The van der Waals surface area contributed by atoms with Crippen LogP contribution in [0.25, 0.3) is 0 Å². The van der Waals surface area contributed by atoms with E-state index in [1.165, 1.54) is 70.6 Å². The highest BCUT2D eigenvalue weighted by molar-refractivity contribution is 5.80. The van der Waals surface area contributed by atoms with Gasteiger partial charge in [0.1, 0.15) is 0 Å². The summed E-state index contributed by atoms with van der Waals surface area (Å²) in [6, 6.07) is 0. The quantitative estimate of drug-likeness (QED) is 0.154. The van der Waals surface area contributed by atoms with Gasteiger partial charge in [0.15, 0.2) is 0 Å². The summed E-state index contributed by atoms with van der Waals surface area (Å²) in [4.78, 5) is 12.2. The minimum atomic E-state index is -0.233. The van der Waals surface area contributed by atoms with Gasteiger partial charge in [-0.15, -0.1) is 0 Å². The van der Waals surface area contributed by atoms with Crippen molar-refractivity contribution in [2.45, 2.75) is 143 Å². The molecule has 0 atom stereocenters. The van der Waals surface area contributed by atoms with Crippen molar-refractivity contribution in [1.82, 2.24) is 0 Å². The highest BCUT2D eigenvalue weighted by Gasteiger charge is 2.34. The van der Waals surface area contributed by atoms with Gasteiger partial charge in [0.25, 0.3) is 0 Å². The SMILES string of the molecule is CCCCCCCC/C=C\CCCCCCC(CCCC)(CCCC)C(N)=O. The Kier molecular flexibility index (Phi) is 19.0. The molecule has 0 bridgehead atoms. The van der Waals surface area contributed by atoms with Gasteiger partial charge in [-0.25, -0.2) is 0 Å². The van der Waals surface area contributed by atoms with E-state index in [0.717, 1.165) is 51.4 Å². The molecule has 1 amide bonds. The molecule has 0 spiro atoms. The molecule has 28 heavy (non-hydrogen) atoms. The fraction of sp³-hybridized carbons (Fsp3) is 0.885. The zero-order valence-electron chi connectivity index (χ0n) is 19.6. The van der Waals surface area contributed by atoms with Crippen LogP contribution in [0.3, 0.4) is 0 Å². The van der Waals surface area contributed by atoms with E-state index in [9.17, 15) is 4.79 Å². The molecule has 0 aliphatic heterocycles. The Hall–Kier alpha value is -0.790. The van der Waals surface area contributed by atoms with Crippen molar-refractivity contribution in [3.8, 4) is 0 Å². The van der Waals surface area contributed by atoms with Crippen LogP contribution in [-0.4, -0.2) is 5.91 Å². The second-order valence-electron chi connectivity index (χ2n) is 8.83. The molecule has 166 valence electrons. The summed E-state index contributed by atoms with van der Waals surface area (Å²) in [5, 5.41) is 0. The average molecular weight is 394 g/mol. The van der Waals surface area contributed by atoms with E-state index in [1.807, 2.05) is 0 Å². The molecule has 0 aliphatic rings. The van der Waals surface area contributed by atoms with Crippen LogP contribution in [-0.2, 0) is 4.79 Å². The summed E-state index contributed by atoms with van der Waals surface area (Å²) in [7, 11) is 0. The molecule has 0 saturated heterocycles. The van der Waals surface area contributed by atoms with E-state index in [-0.39, 0.29) is 11.3 Å². The van der Waals surface area contributed by atoms with Gasteiger partial charge in [-0.3, -0.25) is 4.79 Å². The van der Waals surface area contributed by atoms with Crippen molar-refractivity contribution in [2.75, 3.05) is 0 Å². The highest BCUT2D eigenvalue weighted by Crippen LogP contribution is 2.36. The van der Waals surface area contributed by atoms with Crippen molar-refractivity contribution >= 4 is 5.91 Å².